The van der Waals surface area contributed by atoms with Crippen LogP contribution < -0.4 is 0 Å². The molecule has 0 amide bonds. The van der Waals surface area contributed by atoms with Crippen molar-refractivity contribution >= 4 is 43.6 Å². The molecule has 11 rings (SSSR count). The van der Waals surface area contributed by atoms with Gasteiger partial charge in [-0.05, 0) is 130 Å². The number of aryl methyl sites for hydroxylation is 1. The summed E-state index contributed by atoms with van der Waals surface area (Å²) in [6, 6.07) is 70.9. The van der Waals surface area contributed by atoms with E-state index in [2.05, 4.69) is 215 Å². The number of rotatable bonds is 6. The Kier molecular flexibility index (Phi) is 7.71. The predicted octanol–water partition coefficient (Wildman–Crippen LogP) is 14.3. The molecule has 0 unspecified atom stereocenters. The fraction of sp³-hybridized carbons (Fsp3) is 0.0185. The molecule has 8 aromatic carbocycles. The topological polar surface area (TPSA) is 22.8 Å². The van der Waals surface area contributed by atoms with Crippen LogP contribution in [0.2, 0.25) is 0 Å². The molecule has 3 nitrogen and oxygen atoms in total. The molecule has 0 saturated heterocycles. The molecule has 0 bridgehead atoms. The molecular weight excluding hydrogens is 691 g/mol. The third-order valence-electron chi connectivity index (χ3n) is 11.5. The van der Waals surface area contributed by atoms with Crippen molar-refractivity contribution in [2.24, 2.45) is 0 Å². The molecule has 0 N–H and O–H groups in total. The number of fused-ring (bicyclic) bond motifs is 6. The van der Waals surface area contributed by atoms with Gasteiger partial charge in [0.25, 0.3) is 0 Å². The number of hydrogen-bond donors (Lipinski definition) is 0. The van der Waals surface area contributed by atoms with E-state index >= 15 is 0 Å². The van der Waals surface area contributed by atoms with Gasteiger partial charge in [0, 0.05) is 45.3 Å². The Morgan fingerprint density at radius 1 is 0.298 bits per heavy atom. The van der Waals surface area contributed by atoms with Crippen LogP contribution >= 0.6 is 0 Å². The summed E-state index contributed by atoms with van der Waals surface area (Å²) in [6.45, 7) is 2.18. The lowest BCUT2D eigenvalue weighted by atomic mass is 10.00. The van der Waals surface area contributed by atoms with Gasteiger partial charge in [-0.2, -0.15) is 0 Å². The lowest BCUT2D eigenvalue weighted by Crippen LogP contribution is -1.95. The highest BCUT2D eigenvalue weighted by Crippen LogP contribution is 2.39. The molecule has 3 heteroatoms. The van der Waals surface area contributed by atoms with E-state index in [9.17, 15) is 0 Å². The van der Waals surface area contributed by atoms with Crippen LogP contribution in [0.4, 0.5) is 0 Å². The Labute approximate surface area is 331 Å². The van der Waals surface area contributed by atoms with Gasteiger partial charge >= 0.3 is 0 Å². The van der Waals surface area contributed by atoms with Crippen LogP contribution in [-0.2, 0) is 0 Å². The van der Waals surface area contributed by atoms with E-state index in [1.165, 1.54) is 93.7 Å². The van der Waals surface area contributed by atoms with Crippen LogP contribution in [0.5, 0.6) is 0 Å². The first-order chi connectivity index (χ1) is 28.2. The van der Waals surface area contributed by atoms with E-state index in [4.69, 9.17) is 0 Å². The van der Waals surface area contributed by atoms with Crippen molar-refractivity contribution in [1.82, 2.24) is 14.1 Å². The van der Waals surface area contributed by atoms with Crippen molar-refractivity contribution in [2.45, 2.75) is 6.92 Å². The van der Waals surface area contributed by atoms with Crippen molar-refractivity contribution in [3.63, 3.8) is 0 Å². The minimum absolute atomic E-state index is 1.15. The zero-order valence-electron chi connectivity index (χ0n) is 31.5. The van der Waals surface area contributed by atoms with E-state index < -0.39 is 0 Å². The smallest absolute Gasteiger partial charge is 0.0543 e. The zero-order chi connectivity index (χ0) is 37.9. The SMILES string of the molecule is Cc1ccc2c3cc(-c4ccc5c(c4)c4ccccc4n5-c4ccc(-c5ccccc5)cc4)ccc3n(-c3cccc(-c4ccc(-c5ccncc5)cc4)c3)c2c1. The molecule has 0 aliphatic carbocycles. The highest BCUT2D eigenvalue weighted by molar-refractivity contribution is 6.13. The summed E-state index contributed by atoms with van der Waals surface area (Å²) in [7, 11) is 0. The molecule has 0 atom stereocenters. The Morgan fingerprint density at radius 3 is 1.49 bits per heavy atom. The third kappa shape index (κ3) is 5.63. The fourth-order valence-electron chi connectivity index (χ4n) is 8.68. The number of hydrogen-bond acceptors (Lipinski definition) is 1. The second-order valence-corrected chi connectivity index (χ2v) is 14.9. The van der Waals surface area contributed by atoms with Crippen LogP contribution in [0.1, 0.15) is 5.56 Å². The maximum absolute atomic E-state index is 4.18. The van der Waals surface area contributed by atoms with E-state index in [0.29, 0.717) is 0 Å². The van der Waals surface area contributed by atoms with Crippen LogP contribution in [0.3, 0.4) is 0 Å². The van der Waals surface area contributed by atoms with Crippen LogP contribution in [-0.4, -0.2) is 14.1 Å². The molecule has 11 aromatic rings. The standard InChI is InChI=1S/C54H37N3/c1-36-14-25-48-50-35-44(22-27-53(50)57(54(48)32-36)46-11-7-10-42(33-46)40-17-15-38(16-18-40)41-28-30-55-31-29-41)43-21-26-52-49(34-43)47-12-5-6-13-51(47)56(52)45-23-19-39(20-24-45)37-8-3-2-4-9-37/h2-35H,1H3. The quantitative estimate of drug-likeness (QED) is 0.167. The second kappa shape index (κ2) is 13.4. The van der Waals surface area contributed by atoms with Gasteiger partial charge in [0.1, 0.15) is 0 Å². The van der Waals surface area contributed by atoms with E-state index in [0.717, 1.165) is 11.4 Å². The highest BCUT2D eigenvalue weighted by Gasteiger charge is 2.17. The van der Waals surface area contributed by atoms with Gasteiger partial charge < -0.3 is 9.13 Å². The highest BCUT2D eigenvalue weighted by atomic mass is 15.0. The summed E-state index contributed by atoms with van der Waals surface area (Å²) in [5.41, 5.74) is 17.9. The maximum atomic E-state index is 4.18. The van der Waals surface area contributed by atoms with Gasteiger partial charge in [0.2, 0.25) is 0 Å². The molecular formula is C54H37N3. The van der Waals surface area contributed by atoms with Gasteiger partial charge in [-0.25, -0.2) is 0 Å². The van der Waals surface area contributed by atoms with E-state index in [1.54, 1.807) is 0 Å². The maximum Gasteiger partial charge on any atom is 0.0543 e. The molecule has 0 aliphatic rings. The van der Waals surface area contributed by atoms with Crippen molar-refractivity contribution in [3.8, 4) is 55.9 Å². The van der Waals surface area contributed by atoms with Gasteiger partial charge in [-0.15, -0.1) is 0 Å². The predicted molar refractivity (Wildman–Crippen MR) is 239 cm³/mol. The first-order valence-corrected chi connectivity index (χ1v) is 19.5. The Morgan fingerprint density at radius 2 is 0.789 bits per heavy atom. The van der Waals surface area contributed by atoms with Crippen LogP contribution in [0, 0.1) is 6.92 Å². The summed E-state index contributed by atoms with van der Waals surface area (Å²) in [5.74, 6) is 0. The summed E-state index contributed by atoms with van der Waals surface area (Å²) >= 11 is 0. The summed E-state index contributed by atoms with van der Waals surface area (Å²) in [4.78, 5) is 4.18. The Balaban J connectivity index is 1.00. The minimum atomic E-state index is 1.15. The van der Waals surface area contributed by atoms with E-state index in [1.807, 2.05) is 12.4 Å². The minimum Gasteiger partial charge on any atom is -0.309 e. The molecule has 268 valence electrons. The van der Waals surface area contributed by atoms with Gasteiger partial charge in [0.05, 0.1) is 22.1 Å². The van der Waals surface area contributed by atoms with Gasteiger partial charge in [-0.1, -0.05) is 121 Å². The van der Waals surface area contributed by atoms with Crippen molar-refractivity contribution in [3.05, 3.63) is 212 Å². The van der Waals surface area contributed by atoms with Crippen molar-refractivity contribution in [2.75, 3.05) is 0 Å². The van der Waals surface area contributed by atoms with Crippen LogP contribution in [0.25, 0.3) is 99.5 Å². The largest absolute Gasteiger partial charge is 0.309 e. The molecule has 57 heavy (non-hydrogen) atoms. The molecule has 0 fully saturated rings. The molecule has 0 aliphatic heterocycles. The van der Waals surface area contributed by atoms with Crippen molar-refractivity contribution < 1.29 is 0 Å². The third-order valence-corrected chi connectivity index (χ3v) is 11.5. The van der Waals surface area contributed by atoms with Gasteiger partial charge in [0.15, 0.2) is 0 Å². The number of benzene rings is 8. The monoisotopic (exact) mass is 727 g/mol. The molecule has 3 aromatic heterocycles. The van der Waals surface area contributed by atoms with Crippen LogP contribution in [0.15, 0.2) is 207 Å². The normalized spacial score (nSPS) is 11.6. The van der Waals surface area contributed by atoms with Gasteiger partial charge in [-0.3, -0.25) is 4.98 Å². The molecule has 0 radical (unpaired) electrons. The number of aromatic nitrogens is 3. The summed E-state index contributed by atoms with van der Waals surface area (Å²) < 4.78 is 4.82. The number of para-hydroxylation sites is 1. The molecule has 0 saturated carbocycles. The number of pyridine rings is 1. The average molecular weight is 728 g/mol. The molecule has 3 heterocycles. The Bertz CT molecular complexity index is 3260. The fourth-order valence-corrected chi connectivity index (χ4v) is 8.68. The zero-order valence-corrected chi connectivity index (χ0v) is 31.5. The average Bonchev–Trinajstić information content (AvgIpc) is 3.78. The second-order valence-electron chi connectivity index (χ2n) is 14.9. The Hall–Kier alpha value is -7.49. The lowest BCUT2D eigenvalue weighted by Gasteiger charge is -2.12. The summed E-state index contributed by atoms with van der Waals surface area (Å²) in [5, 5.41) is 5.00. The van der Waals surface area contributed by atoms with E-state index in [-0.39, 0.29) is 0 Å². The first-order valence-electron chi connectivity index (χ1n) is 19.5. The summed E-state index contributed by atoms with van der Waals surface area (Å²) in [6.07, 6.45) is 3.68. The first kappa shape index (κ1) is 32.9. The number of nitrogens with zero attached hydrogens (tertiary/aromatic N) is 3. The lowest BCUT2D eigenvalue weighted by molar-refractivity contribution is 1.18. The molecule has 0 spiro atoms. The van der Waals surface area contributed by atoms with Crippen molar-refractivity contribution in [1.29, 1.82) is 0 Å².